The minimum Gasteiger partial charge on any atom is -0.443 e. The number of furan rings is 1. The van der Waals surface area contributed by atoms with Crippen LogP contribution in [-0.2, 0) is 4.79 Å². The van der Waals surface area contributed by atoms with Crippen LogP contribution in [0.15, 0.2) is 69.1 Å². The number of rotatable bonds is 7. The quantitative estimate of drug-likeness (QED) is 0.244. The fourth-order valence-electron chi connectivity index (χ4n) is 3.34. The van der Waals surface area contributed by atoms with Gasteiger partial charge in [0.2, 0.25) is 11.6 Å². The molecule has 0 spiro atoms. The maximum Gasteiger partial charge on any atom is 0.256 e. The van der Waals surface area contributed by atoms with E-state index in [1.807, 2.05) is 50.4 Å². The number of fused-ring (bicyclic) bond motifs is 1. The zero-order valence-electron chi connectivity index (χ0n) is 19.2. The number of anilines is 2. The van der Waals surface area contributed by atoms with E-state index in [4.69, 9.17) is 4.42 Å². The SMILES string of the molecule is CSc1ccccc1NC(=O)C(C)Sc1nc(NC(=O)c2ccccc2)c2c(C)c(C)oc2n1. The summed E-state index contributed by atoms with van der Waals surface area (Å²) in [5.74, 6) is 0.600. The first kappa shape index (κ1) is 23.8. The van der Waals surface area contributed by atoms with Crippen LogP contribution in [0.25, 0.3) is 11.1 Å². The number of carbonyl (C=O) groups excluding carboxylic acids is 2. The molecular formula is C25H24N4O3S2. The smallest absolute Gasteiger partial charge is 0.256 e. The van der Waals surface area contributed by atoms with Crippen LogP contribution in [0.3, 0.4) is 0 Å². The van der Waals surface area contributed by atoms with E-state index in [9.17, 15) is 9.59 Å². The molecule has 0 aliphatic heterocycles. The second-order valence-electron chi connectivity index (χ2n) is 7.59. The number of nitrogens with one attached hydrogen (secondary N) is 2. The number of aryl methyl sites for hydroxylation is 2. The van der Waals surface area contributed by atoms with Gasteiger partial charge in [0.15, 0.2) is 5.16 Å². The van der Waals surface area contributed by atoms with Gasteiger partial charge < -0.3 is 15.1 Å². The molecule has 0 aliphatic rings. The number of hydrogen-bond acceptors (Lipinski definition) is 7. The highest BCUT2D eigenvalue weighted by Gasteiger charge is 2.22. The van der Waals surface area contributed by atoms with Crippen molar-refractivity contribution in [1.82, 2.24) is 9.97 Å². The molecule has 2 N–H and O–H groups in total. The highest BCUT2D eigenvalue weighted by atomic mass is 32.2. The molecule has 4 aromatic rings. The van der Waals surface area contributed by atoms with Crippen molar-refractivity contribution in [2.75, 3.05) is 16.9 Å². The highest BCUT2D eigenvalue weighted by Crippen LogP contribution is 2.33. The molecule has 2 aromatic carbocycles. The lowest BCUT2D eigenvalue weighted by atomic mass is 10.2. The van der Waals surface area contributed by atoms with Gasteiger partial charge in [-0.05, 0) is 51.3 Å². The largest absolute Gasteiger partial charge is 0.443 e. The van der Waals surface area contributed by atoms with E-state index in [-0.39, 0.29) is 11.8 Å². The van der Waals surface area contributed by atoms with E-state index < -0.39 is 5.25 Å². The van der Waals surface area contributed by atoms with Gasteiger partial charge in [-0.15, -0.1) is 11.8 Å². The molecule has 0 aliphatic carbocycles. The number of thioether (sulfide) groups is 2. The highest BCUT2D eigenvalue weighted by molar-refractivity contribution is 8.00. The third kappa shape index (κ3) is 5.10. The Morgan fingerprint density at radius 3 is 2.41 bits per heavy atom. The Labute approximate surface area is 206 Å². The first-order valence-electron chi connectivity index (χ1n) is 10.6. The number of aromatic nitrogens is 2. The third-order valence-corrected chi connectivity index (χ3v) is 7.05. The summed E-state index contributed by atoms with van der Waals surface area (Å²) in [5, 5.41) is 6.36. The van der Waals surface area contributed by atoms with Crippen LogP contribution >= 0.6 is 23.5 Å². The topological polar surface area (TPSA) is 97.1 Å². The van der Waals surface area contributed by atoms with Crippen LogP contribution in [0.2, 0.25) is 0 Å². The number of hydrogen-bond donors (Lipinski definition) is 2. The van der Waals surface area contributed by atoms with Gasteiger partial charge in [0.25, 0.3) is 5.91 Å². The van der Waals surface area contributed by atoms with Crippen molar-refractivity contribution in [3.63, 3.8) is 0 Å². The molecule has 0 fully saturated rings. The van der Waals surface area contributed by atoms with Gasteiger partial charge in [0.05, 0.1) is 16.3 Å². The Bertz CT molecular complexity index is 1360. The summed E-state index contributed by atoms with van der Waals surface area (Å²) in [4.78, 5) is 35.7. The summed E-state index contributed by atoms with van der Waals surface area (Å²) in [5.41, 5.74) is 2.50. The van der Waals surface area contributed by atoms with Crippen molar-refractivity contribution in [3.05, 3.63) is 71.5 Å². The Morgan fingerprint density at radius 2 is 1.68 bits per heavy atom. The average molecular weight is 493 g/mol. The maximum atomic E-state index is 12.9. The van der Waals surface area contributed by atoms with Crippen LogP contribution in [-0.4, -0.2) is 33.3 Å². The predicted octanol–water partition coefficient (Wildman–Crippen LogP) is 5.93. The first-order chi connectivity index (χ1) is 16.4. The third-order valence-electron chi connectivity index (χ3n) is 5.29. The molecule has 2 heterocycles. The number of benzene rings is 2. The molecule has 174 valence electrons. The zero-order valence-corrected chi connectivity index (χ0v) is 20.8. The lowest BCUT2D eigenvalue weighted by Gasteiger charge is -2.14. The molecule has 1 unspecified atom stereocenters. The number of para-hydroxylation sites is 1. The van der Waals surface area contributed by atoms with Gasteiger partial charge >= 0.3 is 0 Å². The molecule has 1 atom stereocenters. The van der Waals surface area contributed by atoms with E-state index in [1.54, 1.807) is 43.0 Å². The molecule has 0 saturated heterocycles. The van der Waals surface area contributed by atoms with Crippen LogP contribution in [0.4, 0.5) is 11.5 Å². The van der Waals surface area contributed by atoms with Crippen LogP contribution in [0, 0.1) is 13.8 Å². The van der Waals surface area contributed by atoms with Crippen molar-refractivity contribution in [2.45, 2.75) is 36.1 Å². The minimum absolute atomic E-state index is 0.170. The molecular weight excluding hydrogens is 468 g/mol. The van der Waals surface area contributed by atoms with Crippen molar-refractivity contribution in [2.24, 2.45) is 0 Å². The molecule has 9 heteroatoms. The van der Waals surface area contributed by atoms with Gasteiger partial charge in [0.1, 0.15) is 11.6 Å². The molecule has 7 nitrogen and oxygen atoms in total. The first-order valence-corrected chi connectivity index (χ1v) is 12.7. The predicted molar refractivity (Wildman–Crippen MR) is 138 cm³/mol. The standard InChI is InChI=1S/C25H24N4O3S2/c1-14-15(2)32-24-20(14)21(27-23(31)17-10-6-5-7-11-17)28-25(29-24)34-16(3)22(30)26-18-12-8-9-13-19(18)33-4/h5-13,16H,1-4H3,(H,26,30)(H,27,28,29,31). The number of amides is 2. The Hall–Kier alpha value is -3.30. The van der Waals surface area contributed by atoms with Gasteiger partial charge in [0, 0.05) is 16.0 Å². The monoisotopic (exact) mass is 492 g/mol. The molecule has 0 saturated carbocycles. The summed E-state index contributed by atoms with van der Waals surface area (Å²) >= 11 is 2.76. The molecule has 0 bridgehead atoms. The molecule has 34 heavy (non-hydrogen) atoms. The van der Waals surface area contributed by atoms with E-state index in [0.717, 1.165) is 16.1 Å². The van der Waals surface area contributed by atoms with Gasteiger partial charge in [-0.25, -0.2) is 4.98 Å². The summed E-state index contributed by atoms with van der Waals surface area (Å²) < 4.78 is 5.82. The lowest BCUT2D eigenvalue weighted by Crippen LogP contribution is -2.23. The molecule has 2 amide bonds. The molecule has 2 aromatic heterocycles. The van der Waals surface area contributed by atoms with Crippen LogP contribution in [0.1, 0.15) is 28.6 Å². The van der Waals surface area contributed by atoms with Gasteiger partial charge in [-0.2, -0.15) is 4.98 Å². The van der Waals surface area contributed by atoms with Crippen molar-refractivity contribution in [3.8, 4) is 0 Å². The second kappa shape index (κ2) is 10.3. The van der Waals surface area contributed by atoms with Crippen LogP contribution in [0.5, 0.6) is 0 Å². The Morgan fingerprint density at radius 1 is 0.971 bits per heavy atom. The fourth-order valence-corrected chi connectivity index (χ4v) is 4.65. The lowest BCUT2D eigenvalue weighted by molar-refractivity contribution is -0.115. The van der Waals surface area contributed by atoms with Crippen molar-refractivity contribution >= 4 is 57.9 Å². The van der Waals surface area contributed by atoms with Gasteiger partial charge in [-0.3, -0.25) is 9.59 Å². The minimum atomic E-state index is -0.484. The normalized spacial score (nSPS) is 11.9. The maximum absolute atomic E-state index is 12.9. The molecule has 4 rings (SSSR count). The average Bonchev–Trinajstić information content (AvgIpc) is 3.13. The summed E-state index contributed by atoms with van der Waals surface area (Å²) in [7, 11) is 0. The van der Waals surface area contributed by atoms with E-state index in [0.29, 0.717) is 33.4 Å². The Balaban J connectivity index is 1.60. The molecule has 0 radical (unpaired) electrons. The summed E-state index contributed by atoms with van der Waals surface area (Å²) in [6.45, 7) is 5.52. The van der Waals surface area contributed by atoms with E-state index in [1.165, 1.54) is 11.8 Å². The number of carbonyl (C=O) groups is 2. The summed E-state index contributed by atoms with van der Waals surface area (Å²) in [6.07, 6.45) is 1.96. The van der Waals surface area contributed by atoms with Crippen molar-refractivity contribution < 1.29 is 14.0 Å². The fraction of sp³-hybridized carbons (Fsp3) is 0.200. The number of nitrogens with zero attached hydrogens (tertiary/aromatic N) is 2. The van der Waals surface area contributed by atoms with Crippen LogP contribution < -0.4 is 10.6 Å². The summed E-state index contributed by atoms with van der Waals surface area (Å²) in [6, 6.07) is 16.6. The van der Waals surface area contributed by atoms with E-state index in [2.05, 4.69) is 20.6 Å². The van der Waals surface area contributed by atoms with Gasteiger partial charge in [-0.1, -0.05) is 42.1 Å². The van der Waals surface area contributed by atoms with E-state index >= 15 is 0 Å². The van der Waals surface area contributed by atoms with Crippen molar-refractivity contribution in [1.29, 1.82) is 0 Å². The Kier molecular flexibility index (Phi) is 7.23. The zero-order chi connectivity index (χ0) is 24.2. The second-order valence-corrected chi connectivity index (χ2v) is 9.74.